The van der Waals surface area contributed by atoms with E-state index in [1.807, 2.05) is 20.2 Å². The first-order valence-corrected chi connectivity index (χ1v) is 12.0. The maximum atomic E-state index is 7.65. The van der Waals surface area contributed by atoms with Gasteiger partial charge in [-0.25, -0.2) is 11.1 Å². The second-order valence-electron chi connectivity index (χ2n) is 10.7. The molecule has 0 radical (unpaired) electrons. The number of fused-ring (bicyclic) bond motifs is 5. The monoisotopic (exact) mass is 445 g/mol. The number of hydrogen-bond donors (Lipinski definition) is 0. The summed E-state index contributed by atoms with van der Waals surface area (Å²) in [6, 6.07) is 15.9. The molecule has 3 aromatic carbocycles. The van der Waals surface area contributed by atoms with Crippen molar-refractivity contribution in [3.63, 3.8) is 0 Å². The molecule has 4 heteroatoms. The van der Waals surface area contributed by atoms with Crippen LogP contribution in [0.2, 0.25) is 0 Å². The van der Waals surface area contributed by atoms with Crippen LogP contribution in [0.15, 0.2) is 48.8 Å². The number of aromatic nitrogens is 3. The van der Waals surface area contributed by atoms with Crippen LogP contribution in [-0.2, 0) is 13.5 Å². The van der Waals surface area contributed by atoms with E-state index in [0.29, 0.717) is 12.3 Å². The van der Waals surface area contributed by atoms with Crippen molar-refractivity contribution in [3.05, 3.63) is 76.9 Å². The lowest BCUT2D eigenvalue weighted by Gasteiger charge is -2.16. The smallest absolute Gasteiger partial charge is 0.287 e. The number of benzene rings is 3. The van der Waals surface area contributed by atoms with Crippen molar-refractivity contribution in [2.45, 2.75) is 52.5 Å². The molecule has 0 amide bonds. The summed E-state index contributed by atoms with van der Waals surface area (Å²) >= 11 is 0. The summed E-state index contributed by atoms with van der Waals surface area (Å²) < 4.78 is 4.63. The minimum atomic E-state index is -0.454. The summed E-state index contributed by atoms with van der Waals surface area (Å²) in [4.78, 5) is 8.72. The summed E-state index contributed by atoms with van der Waals surface area (Å²) in [5.74, 6) is 0.456. The van der Waals surface area contributed by atoms with Crippen LogP contribution in [0.4, 0.5) is 0 Å². The maximum absolute atomic E-state index is 7.65. The molecule has 0 spiro atoms. The Morgan fingerprint density at radius 1 is 1.03 bits per heavy atom. The standard InChI is InChI=1S/C30H29N4/c1-17(2)20-9-11-21-22-10-8-18(3)26-28(22)34(24(21)14-20)25-13-19(15-30(4,5)31-6)12-23-27(25)29(26)33(7)16-32-23/h8-14,16-17H,15H2,1-5,7H3/q+1. The maximum Gasteiger partial charge on any atom is 0.287 e. The van der Waals surface area contributed by atoms with Crippen LogP contribution in [0.3, 0.4) is 0 Å². The van der Waals surface area contributed by atoms with E-state index < -0.39 is 5.54 Å². The van der Waals surface area contributed by atoms with Gasteiger partial charge in [0.2, 0.25) is 5.54 Å². The van der Waals surface area contributed by atoms with Crippen molar-refractivity contribution in [2.75, 3.05) is 0 Å². The second-order valence-corrected chi connectivity index (χ2v) is 10.7. The fourth-order valence-electron chi connectivity index (χ4n) is 5.65. The van der Waals surface area contributed by atoms with Gasteiger partial charge in [-0.1, -0.05) is 38.1 Å². The van der Waals surface area contributed by atoms with Crippen LogP contribution >= 0.6 is 0 Å². The predicted molar refractivity (Wildman–Crippen MR) is 141 cm³/mol. The second kappa shape index (κ2) is 6.90. The molecule has 3 aromatic heterocycles. The Balaban J connectivity index is 1.92. The Hall–Kier alpha value is -3.71. The average molecular weight is 446 g/mol. The SMILES string of the molecule is [C-]#[N+]C(C)(C)Cc1cc2nc[n+](C)c3c4c(C)ccc5c6ccc(C(C)C)cc6n(c(c1)c23)c54. The van der Waals surface area contributed by atoms with Gasteiger partial charge in [0.25, 0.3) is 6.33 Å². The Bertz CT molecular complexity index is 1810. The molecule has 168 valence electrons. The van der Waals surface area contributed by atoms with Gasteiger partial charge < -0.3 is 9.25 Å². The average Bonchev–Trinajstić information content (AvgIpc) is 3.13. The summed E-state index contributed by atoms with van der Waals surface area (Å²) in [6.07, 6.45) is 2.62. The van der Waals surface area contributed by atoms with E-state index in [-0.39, 0.29) is 0 Å². The zero-order chi connectivity index (χ0) is 23.9. The zero-order valence-corrected chi connectivity index (χ0v) is 20.7. The van der Waals surface area contributed by atoms with E-state index in [1.54, 1.807) is 0 Å². The number of nitrogens with zero attached hydrogens (tertiary/aromatic N) is 4. The Morgan fingerprint density at radius 3 is 2.53 bits per heavy atom. The minimum absolute atomic E-state index is 0.454. The third kappa shape index (κ3) is 2.77. The van der Waals surface area contributed by atoms with Crippen molar-refractivity contribution >= 4 is 49.1 Å². The first-order chi connectivity index (χ1) is 16.2. The highest BCUT2D eigenvalue weighted by Gasteiger charge is 2.28. The van der Waals surface area contributed by atoms with Crippen molar-refractivity contribution in [1.29, 1.82) is 0 Å². The van der Waals surface area contributed by atoms with Gasteiger partial charge in [0.1, 0.15) is 5.52 Å². The van der Waals surface area contributed by atoms with Gasteiger partial charge in [0.15, 0.2) is 5.52 Å². The fraction of sp³-hybridized carbons (Fsp3) is 0.300. The first-order valence-electron chi connectivity index (χ1n) is 12.0. The molecule has 0 aliphatic carbocycles. The van der Waals surface area contributed by atoms with Crippen LogP contribution in [0.25, 0.3) is 54.0 Å². The van der Waals surface area contributed by atoms with Gasteiger partial charge in [0, 0.05) is 30.0 Å². The highest BCUT2D eigenvalue weighted by Crippen LogP contribution is 2.41. The van der Waals surface area contributed by atoms with Gasteiger partial charge >= 0.3 is 0 Å². The van der Waals surface area contributed by atoms with Crippen molar-refractivity contribution in [2.24, 2.45) is 7.05 Å². The van der Waals surface area contributed by atoms with Gasteiger partial charge in [-0.15, -0.1) is 0 Å². The topological polar surface area (TPSA) is 25.5 Å². The Kier molecular flexibility index (Phi) is 4.23. The third-order valence-electron chi connectivity index (χ3n) is 7.36. The highest BCUT2D eigenvalue weighted by atomic mass is 15.0. The predicted octanol–water partition coefficient (Wildman–Crippen LogP) is 6.88. The molecule has 0 unspecified atom stereocenters. The molecule has 0 saturated heterocycles. The van der Waals surface area contributed by atoms with Crippen LogP contribution in [0.5, 0.6) is 0 Å². The molecule has 6 aromatic rings. The van der Waals surface area contributed by atoms with Gasteiger partial charge in [0.05, 0.1) is 35.4 Å². The molecule has 0 atom stereocenters. The molecular formula is C30H29N4+. The van der Waals surface area contributed by atoms with E-state index in [4.69, 9.17) is 11.6 Å². The molecule has 0 fully saturated rings. The molecule has 0 aliphatic heterocycles. The molecule has 0 saturated carbocycles. The zero-order valence-electron chi connectivity index (χ0n) is 20.7. The molecule has 34 heavy (non-hydrogen) atoms. The van der Waals surface area contributed by atoms with Crippen molar-refractivity contribution in [1.82, 2.24) is 9.38 Å². The van der Waals surface area contributed by atoms with E-state index in [0.717, 1.165) is 11.1 Å². The first kappa shape index (κ1) is 20.9. The summed E-state index contributed by atoms with van der Waals surface area (Å²) in [5, 5.41) is 5.04. The van der Waals surface area contributed by atoms with Crippen LogP contribution in [0, 0.1) is 13.5 Å². The minimum Gasteiger partial charge on any atom is -0.311 e. The van der Waals surface area contributed by atoms with Gasteiger partial charge in [-0.05, 0) is 52.7 Å². The number of hydrogen-bond acceptors (Lipinski definition) is 1. The largest absolute Gasteiger partial charge is 0.311 e. The molecule has 0 bridgehead atoms. The Labute approximate surface area is 199 Å². The lowest BCUT2D eigenvalue weighted by atomic mass is 9.93. The third-order valence-corrected chi connectivity index (χ3v) is 7.36. The number of aryl methyl sites for hydroxylation is 2. The summed E-state index contributed by atoms with van der Waals surface area (Å²) in [5.41, 5.74) is 9.21. The fourth-order valence-corrected chi connectivity index (χ4v) is 5.65. The molecule has 0 aliphatic rings. The van der Waals surface area contributed by atoms with Crippen LogP contribution in [-0.4, -0.2) is 14.9 Å². The quantitative estimate of drug-likeness (QED) is 0.126. The van der Waals surface area contributed by atoms with Gasteiger partial charge in [-0.2, -0.15) is 0 Å². The molecule has 0 N–H and O–H groups in total. The van der Waals surface area contributed by atoms with E-state index in [9.17, 15) is 0 Å². The summed E-state index contributed by atoms with van der Waals surface area (Å²) in [7, 11) is 2.09. The van der Waals surface area contributed by atoms with Crippen LogP contribution in [0.1, 0.15) is 50.3 Å². The van der Waals surface area contributed by atoms with E-state index >= 15 is 0 Å². The van der Waals surface area contributed by atoms with Crippen molar-refractivity contribution in [3.8, 4) is 0 Å². The Morgan fingerprint density at radius 2 is 1.79 bits per heavy atom. The van der Waals surface area contributed by atoms with E-state index in [1.165, 1.54) is 54.7 Å². The molecule has 4 nitrogen and oxygen atoms in total. The van der Waals surface area contributed by atoms with E-state index in [2.05, 4.69) is 84.1 Å². The van der Waals surface area contributed by atoms with Gasteiger partial charge in [-0.3, -0.25) is 0 Å². The molecular weight excluding hydrogens is 416 g/mol. The van der Waals surface area contributed by atoms with Crippen molar-refractivity contribution < 1.29 is 4.57 Å². The molecule has 6 rings (SSSR count). The number of rotatable bonds is 3. The normalized spacial score (nSPS) is 12.8. The highest BCUT2D eigenvalue weighted by molar-refractivity contribution is 6.25. The molecule has 3 heterocycles. The lowest BCUT2D eigenvalue weighted by Crippen LogP contribution is -2.30. The summed E-state index contributed by atoms with van der Waals surface area (Å²) in [6.45, 7) is 18.4. The lowest BCUT2D eigenvalue weighted by molar-refractivity contribution is -0.646. The number of pyridine rings is 1. The van der Waals surface area contributed by atoms with Crippen LogP contribution < -0.4 is 4.57 Å².